The van der Waals surface area contributed by atoms with Crippen LogP contribution in [0, 0.1) is 0 Å². The van der Waals surface area contributed by atoms with E-state index in [1.807, 2.05) is 0 Å². The van der Waals surface area contributed by atoms with Crippen molar-refractivity contribution in [2.75, 3.05) is 33.2 Å². The number of guanidine groups is 1. The fourth-order valence-corrected chi connectivity index (χ4v) is 1.94. The third kappa shape index (κ3) is 5.62. The molecule has 1 heterocycles. The van der Waals surface area contributed by atoms with Gasteiger partial charge in [0.1, 0.15) is 0 Å². The fourth-order valence-electron chi connectivity index (χ4n) is 1.94. The first-order valence-corrected chi connectivity index (χ1v) is 6.01. The smallest absolute Gasteiger partial charge is 0.188 e. The van der Waals surface area contributed by atoms with Crippen molar-refractivity contribution in [2.24, 2.45) is 10.7 Å². The van der Waals surface area contributed by atoms with Gasteiger partial charge in [0, 0.05) is 13.6 Å². The Balaban J connectivity index is 1.92. The molecule has 0 spiro atoms. The molecule has 4 heteroatoms. The fraction of sp³-hybridized carbons (Fsp3) is 0.909. The van der Waals surface area contributed by atoms with Crippen LogP contribution in [-0.2, 0) is 0 Å². The summed E-state index contributed by atoms with van der Waals surface area (Å²) in [6, 6.07) is 0. The van der Waals surface area contributed by atoms with Crippen LogP contribution in [0.2, 0.25) is 0 Å². The summed E-state index contributed by atoms with van der Waals surface area (Å²) >= 11 is 0. The SMILES string of the molecule is CN=C(N)NCCCCN1CCCCC1. The lowest BCUT2D eigenvalue weighted by Crippen LogP contribution is -2.33. The van der Waals surface area contributed by atoms with Crippen molar-refractivity contribution < 1.29 is 0 Å². The average molecular weight is 212 g/mol. The molecular weight excluding hydrogens is 188 g/mol. The summed E-state index contributed by atoms with van der Waals surface area (Å²) in [6.45, 7) is 4.78. The van der Waals surface area contributed by atoms with Gasteiger partial charge in [0.05, 0.1) is 0 Å². The predicted molar refractivity (Wildman–Crippen MR) is 65.1 cm³/mol. The van der Waals surface area contributed by atoms with Crippen molar-refractivity contribution >= 4 is 5.96 Å². The molecule has 1 rings (SSSR count). The maximum atomic E-state index is 5.53. The highest BCUT2D eigenvalue weighted by atomic mass is 15.1. The Morgan fingerprint density at radius 1 is 1.27 bits per heavy atom. The topological polar surface area (TPSA) is 53.6 Å². The zero-order valence-corrected chi connectivity index (χ0v) is 9.84. The molecule has 0 bridgehead atoms. The van der Waals surface area contributed by atoms with Crippen LogP contribution in [0.15, 0.2) is 4.99 Å². The Hall–Kier alpha value is -0.770. The molecule has 4 nitrogen and oxygen atoms in total. The number of nitrogens with one attached hydrogen (secondary N) is 1. The van der Waals surface area contributed by atoms with E-state index in [2.05, 4.69) is 15.2 Å². The number of likely N-dealkylation sites (tertiary alicyclic amines) is 1. The molecule has 88 valence electrons. The van der Waals surface area contributed by atoms with Gasteiger partial charge in [-0.1, -0.05) is 6.42 Å². The monoisotopic (exact) mass is 212 g/mol. The largest absolute Gasteiger partial charge is 0.370 e. The van der Waals surface area contributed by atoms with Gasteiger partial charge in [-0.15, -0.1) is 0 Å². The van der Waals surface area contributed by atoms with Crippen LogP contribution in [-0.4, -0.2) is 44.1 Å². The van der Waals surface area contributed by atoms with Gasteiger partial charge in [0.15, 0.2) is 5.96 Å². The second-order valence-electron chi connectivity index (χ2n) is 4.15. The first kappa shape index (κ1) is 12.3. The third-order valence-electron chi connectivity index (χ3n) is 2.90. The first-order chi connectivity index (χ1) is 7.33. The molecule has 1 aliphatic heterocycles. The summed E-state index contributed by atoms with van der Waals surface area (Å²) in [5.74, 6) is 0.549. The second-order valence-corrected chi connectivity index (χ2v) is 4.15. The molecule has 1 saturated heterocycles. The molecule has 1 aliphatic rings. The molecule has 3 N–H and O–H groups in total. The summed E-state index contributed by atoms with van der Waals surface area (Å²) < 4.78 is 0. The van der Waals surface area contributed by atoms with Gasteiger partial charge >= 0.3 is 0 Å². The molecular formula is C11H24N4. The number of hydrogen-bond donors (Lipinski definition) is 2. The van der Waals surface area contributed by atoms with Gasteiger partial charge in [-0.05, 0) is 45.3 Å². The molecule has 0 saturated carbocycles. The Morgan fingerprint density at radius 3 is 2.67 bits per heavy atom. The van der Waals surface area contributed by atoms with Crippen molar-refractivity contribution in [3.63, 3.8) is 0 Å². The van der Waals surface area contributed by atoms with Crippen LogP contribution in [0.5, 0.6) is 0 Å². The minimum absolute atomic E-state index is 0.549. The number of piperidine rings is 1. The molecule has 0 aliphatic carbocycles. The van der Waals surface area contributed by atoms with Crippen LogP contribution >= 0.6 is 0 Å². The van der Waals surface area contributed by atoms with E-state index in [-0.39, 0.29) is 0 Å². The Morgan fingerprint density at radius 2 is 2.00 bits per heavy atom. The van der Waals surface area contributed by atoms with E-state index in [0.29, 0.717) is 5.96 Å². The molecule has 0 aromatic heterocycles. The minimum Gasteiger partial charge on any atom is -0.370 e. The average Bonchev–Trinajstić information content (AvgIpc) is 2.29. The van der Waals surface area contributed by atoms with E-state index in [1.165, 1.54) is 51.7 Å². The highest BCUT2D eigenvalue weighted by molar-refractivity contribution is 5.77. The normalized spacial score (nSPS) is 19.1. The van der Waals surface area contributed by atoms with Gasteiger partial charge < -0.3 is 16.0 Å². The first-order valence-electron chi connectivity index (χ1n) is 6.01. The summed E-state index contributed by atoms with van der Waals surface area (Å²) in [4.78, 5) is 6.42. The van der Waals surface area contributed by atoms with E-state index in [9.17, 15) is 0 Å². The maximum absolute atomic E-state index is 5.53. The lowest BCUT2D eigenvalue weighted by Gasteiger charge is -2.26. The number of nitrogens with zero attached hydrogens (tertiary/aromatic N) is 2. The van der Waals surface area contributed by atoms with Crippen molar-refractivity contribution in [3.05, 3.63) is 0 Å². The summed E-state index contributed by atoms with van der Waals surface area (Å²) in [6.07, 6.45) is 6.61. The van der Waals surface area contributed by atoms with Gasteiger partial charge in [-0.25, -0.2) is 0 Å². The van der Waals surface area contributed by atoms with Crippen molar-refractivity contribution in [3.8, 4) is 0 Å². The Kier molecular flexibility index (Phi) is 6.16. The minimum atomic E-state index is 0.549. The highest BCUT2D eigenvalue weighted by Gasteiger charge is 2.08. The zero-order chi connectivity index (χ0) is 10.9. The van der Waals surface area contributed by atoms with E-state index in [1.54, 1.807) is 7.05 Å². The second kappa shape index (κ2) is 7.51. The van der Waals surface area contributed by atoms with Crippen molar-refractivity contribution in [2.45, 2.75) is 32.1 Å². The van der Waals surface area contributed by atoms with E-state index < -0.39 is 0 Å². The lowest BCUT2D eigenvalue weighted by atomic mass is 10.1. The Bertz CT molecular complexity index is 185. The highest BCUT2D eigenvalue weighted by Crippen LogP contribution is 2.08. The van der Waals surface area contributed by atoms with Crippen molar-refractivity contribution in [1.82, 2.24) is 10.2 Å². The van der Waals surface area contributed by atoms with Crippen LogP contribution in [0.25, 0.3) is 0 Å². The number of aliphatic imine (C=N–C) groups is 1. The molecule has 0 atom stereocenters. The number of unbranched alkanes of at least 4 members (excludes halogenated alkanes) is 1. The number of hydrogen-bond acceptors (Lipinski definition) is 2. The van der Waals surface area contributed by atoms with E-state index in [4.69, 9.17) is 5.73 Å². The number of nitrogens with two attached hydrogens (primary N) is 1. The molecule has 1 fully saturated rings. The maximum Gasteiger partial charge on any atom is 0.188 e. The van der Waals surface area contributed by atoms with Crippen molar-refractivity contribution in [1.29, 1.82) is 0 Å². The molecule has 0 aromatic rings. The molecule has 0 radical (unpaired) electrons. The Labute approximate surface area is 92.9 Å². The number of rotatable bonds is 5. The van der Waals surface area contributed by atoms with Gasteiger partial charge in [-0.3, -0.25) is 4.99 Å². The van der Waals surface area contributed by atoms with Gasteiger partial charge in [0.2, 0.25) is 0 Å². The van der Waals surface area contributed by atoms with Gasteiger partial charge in [0.25, 0.3) is 0 Å². The van der Waals surface area contributed by atoms with Crippen LogP contribution < -0.4 is 11.1 Å². The third-order valence-corrected chi connectivity index (χ3v) is 2.90. The van der Waals surface area contributed by atoms with Crippen LogP contribution in [0.1, 0.15) is 32.1 Å². The predicted octanol–water partition coefficient (Wildman–Crippen LogP) is 0.787. The summed E-state index contributed by atoms with van der Waals surface area (Å²) in [5.41, 5.74) is 5.53. The lowest BCUT2D eigenvalue weighted by molar-refractivity contribution is 0.225. The summed E-state index contributed by atoms with van der Waals surface area (Å²) in [5, 5.41) is 3.08. The van der Waals surface area contributed by atoms with E-state index >= 15 is 0 Å². The van der Waals surface area contributed by atoms with Crippen LogP contribution in [0.4, 0.5) is 0 Å². The standard InChI is InChI=1S/C11H24N4/c1-13-11(12)14-7-3-6-10-15-8-4-2-5-9-15/h2-10H2,1H3,(H3,12,13,14). The van der Waals surface area contributed by atoms with Gasteiger partial charge in [-0.2, -0.15) is 0 Å². The molecule has 15 heavy (non-hydrogen) atoms. The molecule has 0 aromatic carbocycles. The zero-order valence-electron chi connectivity index (χ0n) is 9.84. The van der Waals surface area contributed by atoms with E-state index in [0.717, 1.165) is 6.54 Å². The quantitative estimate of drug-likeness (QED) is 0.402. The molecule has 0 amide bonds. The molecule has 0 unspecified atom stereocenters. The van der Waals surface area contributed by atoms with Crippen LogP contribution in [0.3, 0.4) is 0 Å². The summed E-state index contributed by atoms with van der Waals surface area (Å²) in [7, 11) is 1.70.